The first kappa shape index (κ1) is 33.5. The molecule has 44 heavy (non-hydrogen) atoms. The van der Waals surface area contributed by atoms with Crippen LogP contribution in [0.4, 0.5) is 9.59 Å². The first-order chi connectivity index (χ1) is 21.3. The van der Waals surface area contributed by atoms with E-state index in [1.165, 1.54) is 64.8 Å². The Hall–Kier alpha value is -4.96. The predicted molar refractivity (Wildman–Crippen MR) is 142 cm³/mol. The van der Waals surface area contributed by atoms with E-state index in [2.05, 4.69) is 29.6 Å². The largest absolute Gasteiger partial charge is 0.543 e. The van der Waals surface area contributed by atoms with Crippen molar-refractivity contribution in [1.29, 1.82) is 0 Å². The second-order valence-corrected chi connectivity index (χ2v) is 9.19. The van der Waals surface area contributed by atoms with Crippen molar-refractivity contribution in [3.8, 4) is 23.0 Å². The topological polar surface area (TPSA) is 179 Å². The number of ether oxygens (including phenoxy) is 6. The van der Waals surface area contributed by atoms with E-state index in [1.807, 2.05) is 0 Å². The summed E-state index contributed by atoms with van der Waals surface area (Å²) in [5.74, 6) is -0.642. The highest BCUT2D eigenvalue weighted by Crippen LogP contribution is 2.30. The van der Waals surface area contributed by atoms with Crippen LogP contribution >= 0.6 is 0 Å². The van der Waals surface area contributed by atoms with E-state index in [9.17, 15) is 19.2 Å². The molecule has 0 atom stereocenters. The summed E-state index contributed by atoms with van der Waals surface area (Å²) < 4.78 is 30.3. The van der Waals surface area contributed by atoms with Crippen molar-refractivity contribution in [3.05, 3.63) is 47.5 Å². The van der Waals surface area contributed by atoms with Gasteiger partial charge in [-0.15, -0.1) is 0 Å². The van der Waals surface area contributed by atoms with Gasteiger partial charge in [0.1, 0.15) is 34.1 Å². The highest BCUT2D eigenvalue weighted by molar-refractivity contribution is 5.93. The predicted octanol–water partition coefficient (Wildman–Crippen LogP) is 4.54. The molecule has 3 rings (SSSR count). The van der Waals surface area contributed by atoms with Crippen molar-refractivity contribution in [1.82, 2.24) is 0 Å². The zero-order valence-corrected chi connectivity index (χ0v) is 24.4. The molecular weight excluding hydrogens is 592 g/mol. The third-order valence-corrected chi connectivity index (χ3v) is 6.52. The lowest BCUT2D eigenvalue weighted by Gasteiger charge is -2.27. The molecule has 0 amide bonds. The molecule has 0 bridgehead atoms. The van der Waals surface area contributed by atoms with Crippen LogP contribution in [0.25, 0.3) is 0 Å². The maximum atomic E-state index is 12.1. The number of carbonyl (C=O) groups excluding carboxylic acids is 4. The summed E-state index contributed by atoms with van der Waals surface area (Å²) in [6.45, 7) is 0.0759. The van der Waals surface area contributed by atoms with Crippen LogP contribution in [0.5, 0.6) is 23.0 Å². The molecule has 240 valence electrons. The van der Waals surface area contributed by atoms with Gasteiger partial charge in [-0.3, -0.25) is 9.78 Å². The molecule has 0 aliphatic heterocycles. The van der Waals surface area contributed by atoms with Crippen molar-refractivity contribution in [2.75, 3.05) is 41.7 Å². The fraction of sp³-hybridized carbons (Fsp3) is 0.429. The molecule has 2 aromatic rings. The van der Waals surface area contributed by atoms with Crippen molar-refractivity contribution in [3.63, 3.8) is 0 Å². The lowest BCUT2D eigenvalue weighted by molar-refractivity contribution is -0.452. The van der Waals surface area contributed by atoms with Crippen LogP contribution < -0.4 is 18.9 Å². The molecule has 0 N–H and O–H groups in total. The maximum Gasteiger partial charge on any atom is 0.543 e. The third kappa shape index (κ3) is 10.1. The maximum absolute atomic E-state index is 12.1. The highest BCUT2D eigenvalue weighted by Gasteiger charge is 2.25. The number of hydrogen-bond donors (Lipinski definition) is 0. The molecule has 1 fully saturated rings. The van der Waals surface area contributed by atoms with Crippen molar-refractivity contribution < 1.29 is 77.2 Å². The van der Waals surface area contributed by atoms with Gasteiger partial charge in [0.05, 0.1) is 51.7 Å². The van der Waals surface area contributed by atoms with Gasteiger partial charge >= 0.3 is 24.2 Å². The molecule has 0 spiro atoms. The Morgan fingerprint density at radius 3 is 1.30 bits per heavy atom. The van der Waals surface area contributed by atoms with Crippen molar-refractivity contribution >= 4 is 24.2 Å². The van der Waals surface area contributed by atoms with Crippen LogP contribution in [0, 0.1) is 11.8 Å². The zero-order valence-electron chi connectivity index (χ0n) is 24.4. The SMILES string of the molecule is COc1ccc(C(=O)OOOC(=O)OCC2CCC(COC(=O)OOOC(=O)c3ccc(OC)cc3OC)CC2)c(OC)c1. The van der Waals surface area contributed by atoms with E-state index in [4.69, 9.17) is 28.4 Å². The summed E-state index contributed by atoms with van der Waals surface area (Å²) in [7, 11) is 5.63. The van der Waals surface area contributed by atoms with E-state index >= 15 is 0 Å². The van der Waals surface area contributed by atoms with Gasteiger partial charge in [-0.2, -0.15) is 0 Å². The lowest BCUT2D eigenvalue weighted by Crippen LogP contribution is -2.24. The molecule has 1 saturated carbocycles. The molecule has 16 heteroatoms. The Morgan fingerprint density at radius 1 is 0.568 bits per heavy atom. The molecule has 1 aliphatic carbocycles. The van der Waals surface area contributed by atoms with Crippen LogP contribution in [0.1, 0.15) is 46.4 Å². The smallest absolute Gasteiger partial charge is 0.497 e. The fourth-order valence-corrected chi connectivity index (χ4v) is 4.16. The highest BCUT2D eigenvalue weighted by atomic mass is 17.5. The van der Waals surface area contributed by atoms with Crippen LogP contribution in [0.2, 0.25) is 0 Å². The Bertz CT molecular complexity index is 1170. The summed E-state index contributed by atoms with van der Waals surface area (Å²) in [6, 6.07) is 8.74. The molecule has 0 aromatic heterocycles. The number of carbonyl (C=O) groups is 4. The summed E-state index contributed by atoms with van der Waals surface area (Å²) in [6.07, 6.45) is 0.281. The third-order valence-electron chi connectivity index (χ3n) is 6.52. The summed E-state index contributed by atoms with van der Waals surface area (Å²) in [5.41, 5.74) is 0.0296. The average Bonchev–Trinajstić information content (AvgIpc) is 3.05. The second kappa shape index (κ2) is 17.2. The Labute approximate surface area is 251 Å². The van der Waals surface area contributed by atoms with Gasteiger partial charge in [0, 0.05) is 12.1 Å². The minimum Gasteiger partial charge on any atom is -0.497 e. The molecule has 0 heterocycles. The van der Waals surface area contributed by atoms with Gasteiger partial charge in [0.2, 0.25) is 0 Å². The molecule has 0 saturated heterocycles. The van der Waals surface area contributed by atoms with Crippen LogP contribution in [0.3, 0.4) is 0 Å². The van der Waals surface area contributed by atoms with Gasteiger partial charge in [-0.1, -0.05) is 0 Å². The molecule has 1 aliphatic rings. The van der Waals surface area contributed by atoms with E-state index in [-0.39, 0.29) is 47.7 Å². The Kier molecular flexibility index (Phi) is 13.1. The number of rotatable bonds is 14. The zero-order chi connectivity index (χ0) is 31.9. The fourth-order valence-electron chi connectivity index (χ4n) is 4.16. The summed E-state index contributed by atoms with van der Waals surface area (Å²) in [5, 5.41) is 8.48. The van der Waals surface area contributed by atoms with Crippen molar-refractivity contribution in [2.24, 2.45) is 11.8 Å². The van der Waals surface area contributed by atoms with Crippen LogP contribution in [-0.4, -0.2) is 65.9 Å². The number of methoxy groups -OCH3 is 4. The summed E-state index contributed by atoms with van der Waals surface area (Å²) in [4.78, 5) is 65.4. The lowest BCUT2D eigenvalue weighted by atomic mass is 9.83. The van der Waals surface area contributed by atoms with Gasteiger partial charge in [-0.25, -0.2) is 29.0 Å². The van der Waals surface area contributed by atoms with Gasteiger partial charge < -0.3 is 28.4 Å². The molecule has 2 aromatic carbocycles. The van der Waals surface area contributed by atoms with Crippen LogP contribution in [0.15, 0.2) is 36.4 Å². The average molecular weight is 625 g/mol. The van der Waals surface area contributed by atoms with E-state index < -0.39 is 24.2 Å². The van der Waals surface area contributed by atoms with E-state index in [0.717, 1.165) is 0 Å². The second-order valence-electron chi connectivity index (χ2n) is 9.19. The van der Waals surface area contributed by atoms with Gasteiger partial charge in [-0.05, 0) is 61.8 Å². The Balaban J connectivity index is 1.26. The first-order valence-electron chi connectivity index (χ1n) is 13.2. The van der Waals surface area contributed by atoms with Gasteiger partial charge in [0.15, 0.2) is 0 Å². The minimum absolute atomic E-state index is 0.0148. The standard InChI is InChI=1S/C28H32O16/c1-33-19-9-11-21(23(13-19)35-3)25(29)39-43-41-27(31)37-15-17-5-7-18(8-6-17)16-38-28(32)42-44-40-26(30)22-12-10-20(34-2)14-24(22)36-4/h9-14,17-18H,5-8,15-16H2,1-4H3. The monoisotopic (exact) mass is 624 g/mol. The molecular formula is C28H32O16. The van der Waals surface area contributed by atoms with Gasteiger partial charge in [0.25, 0.3) is 0 Å². The quantitative estimate of drug-likeness (QED) is 0.162. The molecule has 0 unspecified atom stereocenters. The number of hydrogen-bond acceptors (Lipinski definition) is 16. The van der Waals surface area contributed by atoms with Crippen molar-refractivity contribution in [2.45, 2.75) is 25.7 Å². The first-order valence-corrected chi connectivity index (χ1v) is 13.2. The number of benzene rings is 2. The minimum atomic E-state index is -1.20. The molecule has 16 nitrogen and oxygen atoms in total. The Morgan fingerprint density at radius 2 is 0.955 bits per heavy atom. The normalized spacial score (nSPS) is 15.6. The van der Waals surface area contributed by atoms with E-state index in [1.54, 1.807) is 0 Å². The van der Waals surface area contributed by atoms with E-state index in [0.29, 0.717) is 37.2 Å². The summed E-state index contributed by atoms with van der Waals surface area (Å²) >= 11 is 0. The molecule has 0 radical (unpaired) electrons. The van der Waals surface area contributed by atoms with Crippen LogP contribution in [-0.2, 0) is 39.1 Å².